The summed E-state index contributed by atoms with van der Waals surface area (Å²) in [5, 5.41) is 9.10. The summed E-state index contributed by atoms with van der Waals surface area (Å²) in [5.74, 6) is -1.95. The van der Waals surface area contributed by atoms with Crippen molar-refractivity contribution in [1.29, 1.82) is 0 Å². The minimum atomic E-state index is -1.17. The normalized spacial score (nSPS) is 10.8. The van der Waals surface area contributed by atoms with Crippen LogP contribution in [-0.4, -0.2) is 28.2 Å². The van der Waals surface area contributed by atoms with Crippen LogP contribution in [0, 0.1) is 5.82 Å². The number of carbonyl (C=O) groups is 1. The topological polar surface area (TPSA) is 72.3 Å². The van der Waals surface area contributed by atoms with Gasteiger partial charge in [-0.15, -0.1) is 0 Å². The SMILES string of the molecule is COc1cc(C(=O)O)cc(C=Cc2cnc(Cl)nc2)c1F. The molecule has 0 saturated carbocycles. The highest BCUT2D eigenvalue weighted by atomic mass is 35.5. The number of ether oxygens (including phenoxy) is 1. The zero-order chi connectivity index (χ0) is 15.4. The van der Waals surface area contributed by atoms with Crippen LogP contribution >= 0.6 is 11.6 Å². The van der Waals surface area contributed by atoms with E-state index in [-0.39, 0.29) is 22.2 Å². The fraction of sp³-hybridized carbons (Fsp3) is 0.0714. The van der Waals surface area contributed by atoms with Gasteiger partial charge in [-0.1, -0.05) is 12.2 Å². The molecule has 0 saturated heterocycles. The van der Waals surface area contributed by atoms with E-state index in [4.69, 9.17) is 21.4 Å². The zero-order valence-corrected chi connectivity index (χ0v) is 11.6. The molecule has 0 aliphatic carbocycles. The maximum Gasteiger partial charge on any atom is 0.335 e. The van der Waals surface area contributed by atoms with Crippen LogP contribution in [0.15, 0.2) is 24.5 Å². The predicted molar refractivity (Wildman–Crippen MR) is 75.9 cm³/mol. The highest BCUT2D eigenvalue weighted by molar-refractivity contribution is 6.28. The Morgan fingerprint density at radius 3 is 2.57 bits per heavy atom. The number of benzene rings is 1. The first-order valence-corrected chi connectivity index (χ1v) is 6.15. The van der Waals surface area contributed by atoms with E-state index in [9.17, 15) is 9.18 Å². The minimum absolute atomic E-state index is 0.0692. The van der Waals surface area contributed by atoms with E-state index in [0.29, 0.717) is 5.56 Å². The maximum absolute atomic E-state index is 14.1. The quantitative estimate of drug-likeness (QED) is 0.878. The average molecular weight is 309 g/mol. The van der Waals surface area contributed by atoms with E-state index in [1.807, 2.05) is 0 Å². The molecule has 21 heavy (non-hydrogen) atoms. The lowest BCUT2D eigenvalue weighted by Crippen LogP contribution is -2.00. The standard InChI is InChI=1S/C14H10ClFN2O3/c1-21-11-5-10(13(19)20)4-9(12(11)16)3-2-8-6-17-14(15)18-7-8/h2-7H,1H3,(H,19,20). The van der Waals surface area contributed by atoms with E-state index in [1.54, 1.807) is 6.08 Å². The fourth-order valence-electron chi connectivity index (χ4n) is 1.61. The van der Waals surface area contributed by atoms with Crippen LogP contribution in [0.4, 0.5) is 4.39 Å². The highest BCUT2D eigenvalue weighted by Crippen LogP contribution is 2.24. The molecule has 0 bridgehead atoms. The molecule has 0 aliphatic rings. The molecule has 108 valence electrons. The van der Waals surface area contributed by atoms with Gasteiger partial charge in [-0.05, 0) is 23.7 Å². The van der Waals surface area contributed by atoms with Crippen LogP contribution in [0.5, 0.6) is 5.75 Å². The summed E-state index contributed by atoms with van der Waals surface area (Å²) < 4.78 is 18.9. The molecule has 0 aliphatic heterocycles. The molecule has 5 nitrogen and oxygen atoms in total. The number of hydrogen-bond donors (Lipinski definition) is 1. The molecule has 0 fully saturated rings. The zero-order valence-electron chi connectivity index (χ0n) is 10.9. The van der Waals surface area contributed by atoms with Gasteiger partial charge in [-0.3, -0.25) is 0 Å². The third-order valence-corrected chi connectivity index (χ3v) is 2.83. The molecule has 1 heterocycles. The van der Waals surface area contributed by atoms with Crippen molar-refractivity contribution in [2.45, 2.75) is 0 Å². The van der Waals surface area contributed by atoms with Crippen molar-refractivity contribution in [3.63, 3.8) is 0 Å². The second kappa shape index (κ2) is 6.32. The number of carboxylic acid groups (broad SMARTS) is 1. The van der Waals surface area contributed by atoms with Gasteiger partial charge < -0.3 is 9.84 Å². The van der Waals surface area contributed by atoms with Crippen molar-refractivity contribution in [3.8, 4) is 5.75 Å². The monoisotopic (exact) mass is 308 g/mol. The smallest absolute Gasteiger partial charge is 0.335 e. The highest BCUT2D eigenvalue weighted by Gasteiger charge is 2.13. The Hall–Kier alpha value is -2.47. The first kappa shape index (κ1) is 14.9. The number of hydrogen-bond acceptors (Lipinski definition) is 4. The van der Waals surface area contributed by atoms with Gasteiger partial charge in [0.1, 0.15) is 0 Å². The Kier molecular flexibility index (Phi) is 4.49. The van der Waals surface area contributed by atoms with Gasteiger partial charge in [0.05, 0.1) is 12.7 Å². The fourth-order valence-corrected chi connectivity index (χ4v) is 1.70. The Morgan fingerprint density at radius 2 is 2.00 bits per heavy atom. The van der Waals surface area contributed by atoms with Crippen molar-refractivity contribution in [3.05, 3.63) is 52.3 Å². The summed E-state index contributed by atoms with van der Waals surface area (Å²) in [7, 11) is 1.27. The van der Waals surface area contributed by atoms with Crippen LogP contribution < -0.4 is 4.74 Å². The van der Waals surface area contributed by atoms with Gasteiger partial charge in [0.25, 0.3) is 0 Å². The number of rotatable bonds is 4. The third kappa shape index (κ3) is 3.55. The summed E-state index contributed by atoms with van der Waals surface area (Å²) in [5.41, 5.74) is 0.612. The van der Waals surface area contributed by atoms with E-state index in [0.717, 1.165) is 6.07 Å². The van der Waals surface area contributed by atoms with E-state index >= 15 is 0 Å². The van der Waals surface area contributed by atoms with Crippen molar-refractivity contribution >= 4 is 29.7 Å². The Balaban J connectivity index is 2.40. The number of aromatic carboxylic acids is 1. The lowest BCUT2D eigenvalue weighted by molar-refractivity contribution is 0.0696. The molecule has 0 unspecified atom stereocenters. The van der Waals surface area contributed by atoms with E-state index < -0.39 is 11.8 Å². The maximum atomic E-state index is 14.1. The molecule has 2 rings (SSSR count). The summed E-state index contributed by atoms with van der Waals surface area (Å²) in [4.78, 5) is 18.6. The molecule has 7 heteroatoms. The average Bonchev–Trinajstić information content (AvgIpc) is 2.47. The summed E-state index contributed by atoms with van der Waals surface area (Å²) >= 11 is 5.56. The first-order valence-electron chi connectivity index (χ1n) is 5.77. The van der Waals surface area contributed by atoms with Crippen LogP contribution in [0.1, 0.15) is 21.5 Å². The van der Waals surface area contributed by atoms with Crippen molar-refractivity contribution < 1.29 is 19.0 Å². The molecule has 0 atom stereocenters. The third-order valence-electron chi connectivity index (χ3n) is 2.63. The Morgan fingerprint density at radius 1 is 1.33 bits per heavy atom. The predicted octanol–water partition coefficient (Wildman–Crippen LogP) is 3.15. The lowest BCUT2D eigenvalue weighted by atomic mass is 10.1. The summed E-state index contributed by atoms with van der Waals surface area (Å²) in [6.07, 6.45) is 5.88. The molecule has 1 N–H and O–H groups in total. The van der Waals surface area contributed by atoms with Crippen molar-refractivity contribution in [2.24, 2.45) is 0 Å². The van der Waals surface area contributed by atoms with Crippen LogP contribution in [-0.2, 0) is 0 Å². The molecule has 1 aromatic carbocycles. The number of halogens is 2. The van der Waals surface area contributed by atoms with Crippen LogP contribution in [0.3, 0.4) is 0 Å². The second-order valence-electron chi connectivity index (χ2n) is 4.01. The number of methoxy groups -OCH3 is 1. The number of nitrogens with zero attached hydrogens (tertiary/aromatic N) is 2. The molecule has 0 radical (unpaired) electrons. The molecule has 0 spiro atoms. The molecular formula is C14H10ClFN2O3. The lowest BCUT2D eigenvalue weighted by Gasteiger charge is -2.06. The first-order chi connectivity index (χ1) is 10.0. The van der Waals surface area contributed by atoms with Gasteiger partial charge in [-0.25, -0.2) is 19.2 Å². The van der Waals surface area contributed by atoms with Crippen LogP contribution in [0.25, 0.3) is 12.2 Å². The van der Waals surface area contributed by atoms with E-state index in [2.05, 4.69) is 9.97 Å². The largest absolute Gasteiger partial charge is 0.494 e. The number of aromatic nitrogens is 2. The Bertz CT molecular complexity index is 702. The van der Waals surface area contributed by atoms with Gasteiger partial charge in [-0.2, -0.15) is 0 Å². The minimum Gasteiger partial charge on any atom is -0.494 e. The Labute approximate surface area is 124 Å². The van der Waals surface area contributed by atoms with Gasteiger partial charge in [0, 0.05) is 23.5 Å². The molecular weight excluding hydrogens is 299 g/mol. The summed E-state index contributed by atoms with van der Waals surface area (Å²) in [6.45, 7) is 0. The second-order valence-corrected chi connectivity index (χ2v) is 4.34. The molecule has 2 aromatic rings. The molecule has 1 aromatic heterocycles. The van der Waals surface area contributed by atoms with Gasteiger partial charge in [0.2, 0.25) is 5.28 Å². The van der Waals surface area contributed by atoms with Gasteiger partial charge >= 0.3 is 5.97 Å². The molecule has 0 amide bonds. The van der Waals surface area contributed by atoms with Crippen LogP contribution in [0.2, 0.25) is 5.28 Å². The van der Waals surface area contributed by atoms with Crippen molar-refractivity contribution in [1.82, 2.24) is 9.97 Å². The van der Waals surface area contributed by atoms with Crippen molar-refractivity contribution in [2.75, 3.05) is 7.11 Å². The van der Waals surface area contributed by atoms with Gasteiger partial charge in [0.15, 0.2) is 11.6 Å². The number of carboxylic acids is 1. The summed E-state index contributed by atoms with van der Waals surface area (Å²) in [6, 6.07) is 2.34. The van der Waals surface area contributed by atoms with E-state index in [1.165, 1.54) is 31.6 Å².